The summed E-state index contributed by atoms with van der Waals surface area (Å²) >= 11 is 0. The molecule has 0 aromatic carbocycles. The van der Waals surface area contributed by atoms with Crippen LogP contribution in [0.5, 0.6) is 0 Å². The summed E-state index contributed by atoms with van der Waals surface area (Å²) in [5.41, 5.74) is -0.298. The van der Waals surface area contributed by atoms with Gasteiger partial charge in [-0.1, -0.05) is 20.8 Å². The highest BCUT2D eigenvalue weighted by atomic mass is 32.2. The number of carboxylic acids is 1. The number of hydrogen-bond donors (Lipinski definition) is 1. The maximum Gasteiger partial charge on any atom is 0.309 e. The van der Waals surface area contributed by atoms with E-state index in [2.05, 4.69) is 0 Å². The zero-order chi connectivity index (χ0) is 11.9. The lowest BCUT2D eigenvalue weighted by molar-refractivity contribution is -0.145. The Bertz CT molecular complexity index is 349. The maximum absolute atomic E-state index is 11.7. The van der Waals surface area contributed by atoms with Crippen molar-refractivity contribution in [3.63, 3.8) is 0 Å². The molecule has 0 aromatic rings. The summed E-state index contributed by atoms with van der Waals surface area (Å²) in [7, 11) is -3.28. The van der Waals surface area contributed by atoms with Crippen LogP contribution >= 0.6 is 0 Å². The topological polar surface area (TPSA) is 74.7 Å². The molecule has 1 fully saturated rings. The fourth-order valence-corrected chi connectivity index (χ4v) is 3.55. The van der Waals surface area contributed by atoms with Gasteiger partial charge in [0, 0.05) is 13.1 Å². The van der Waals surface area contributed by atoms with Crippen LogP contribution in [0.2, 0.25) is 0 Å². The van der Waals surface area contributed by atoms with Crippen molar-refractivity contribution in [2.75, 3.05) is 18.8 Å². The third kappa shape index (κ3) is 3.17. The van der Waals surface area contributed by atoms with Gasteiger partial charge in [0.2, 0.25) is 10.0 Å². The number of carbonyl (C=O) groups is 1. The van der Waals surface area contributed by atoms with E-state index in [9.17, 15) is 13.2 Å². The molecule has 0 amide bonds. The predicted octanol–water partition coefficient (Wildman–Crippen LogP) is 0.379. The Morgan fingerprint density at radius 2 is 1.87 bits per heavy atom. The molecule has 0 atom stereocenters. The van der Waals surface area contributed by atoms with Gasteiger partial charge < -0.3 is 5.11 Å². The molecule has 1 aliphatic heterocycles. The second-order valence-corrected chi connectivity index (χ2v) is 7.14. The molecule has 0 spiro atoms. The van der Waals surface area contributed by atoms with Gasteiger partial charge in [0.25, 0.3) is 0 Å². The molecule has 0 aromatic heterocycles. The van der Waals surface area contributed by atoms with Crippen molar-refractivity contribution in [3.8, 4) is 0 Å². The molecule has 1 rings (SSSR count). The van der Waals surface area contributed by atoms with Gasteiger partial charge in [-0.15, -0.1) is 0 Å². The Morgan fingerprint density at radius 1 is 1.40 bits per heavy atom. The van der Waals surface area contributed by atoms with E-state index in [1.165, 1.54) is 4.31 Å². The van der Waals surface area contributed by atoms with Gasteiger partial charge >= 0.3 is 5.97 Å². The van der Waals surface area contributed by atoms with Crippen molar-refractivity contribution >= 4 is 16.0 Å². The van der Waals surface area contributed by atoms with Crippen LogP contribution in [0.25, 0.3) is 0 Å². The van der Waals surface area contributed by atoms with Gasteiger partial charge in [0.1, 0.15) is 0 Å². The third-order valence-electron chi connectivity index (χ3n) is 2.21. The molecule has 15 heavy (non-hydrogen) atoms. The molecule has 0 saturated carbocycles. The van der Waals surface area contributed by atoms with Crippen LogP contribution in [0, 0.1) is 11.3 Å². The minimum atomic E-state index is -3.28. The zero-order valence-electron chi connectivity index (χ0n) is 9.23. The van der Waals surface area contributed by atoms with Crippen LogP contribution < -0.4 is 0 Å². The first-order chi connectivity index (χ1) is 6.62. The average Bonchev–Trinajstić information content (AvgIpc) is 1.72. The third-order valence-corrected chi connectivity index (χ3v) is 4.52. The highest BCUT2D eigenvalue weighted by Gasteiger charge is 2.40. The van der Waals surface area contributed by atoms with Crippen LogP contribution in [-0.2, 0) is 14.8 Å². The number of rotatable bonds is 3. The molecule has 88 valence electrons. The maximum atomic E-state index is 11.7. The van der Waals surface area contributed by atoms with E-state index < -0.39 is 21.9 Å². The largest absolute Gasteiger partial charge is 0.481 e. The first-order valence-electron chi connectivity index (χ1n) is 4.82. The Kier molecular flexibility index (Phi) is 3.11. The molecule has 0 bridgehead atoms. The summed E-state index contributed by atoms with van der Waals surface area (Å²) in [4.78, 5) is 10.5. The molecular weight excluding hydrogens is 218 g/mol. The van der Waals surface area contributed by atoms with E-state index in [0.29, 0.717) is 0 Å². The molecule has 6 heteroatoms. The molecule has 5 nitrogen and oxygen atoms in total. The molecule has 1 heterocycles. The first-order valence-corrected chi connectivity index (χ1v) is 6.43. The molecule has 1 saturated heterocycles. The number of aliphatic carboxylic acids is 1. The van der Waals surface area contributed by atoms with Gasteiger partial charge in [0.05, 0.1) is 11.7 Å². The van der Waals surface area contributed by atoms with E-state index in [4.69, 9.17) is 5.11 Å². The van der Waals surface area contributed by atoms with Gasteiger partial charge in [-0.2, -0.15) is 0 Å². The van der Waals surface area contributed by atoms with E-state index in [0.717, 1.165) is 0 Å². The summed E-state index contributed by atoms with van der Waals surface area (Å²) in [6.07, 6.45) is 0. The van der Waals surface area contributed by atoms with E-state index in [1.807, 2.05) is 20.8 Å². The highest BCUT2D eigenvalue weighted by Crippen LogP contribution is 2.25. The Hall–Kier alpha value is -0.620. The lowest BCUT2D eigenvalue weighted by atomic mass is 10.0. The lowest BCUT2D eigenvalue weighted by Gasteiger charge is -2.37. The smallest absolute Gasteiger partial charge is 0.309 e. The molecule has 0 unspecified atom stereocenters. The highest BCUT2D eigenvalue weighted by molar-refractivity contribution is 7.89. The molecular formula is C9H17NO4S. The van der Waals surface area contributed by atoms with Crippen LogP contribution in [0.3, 0.4) is 0 Å². The number of hydrogen-bond acceptors (Lipinski definition) is 3. The van der Waals surface area contributed by atoms with Crippen LogP contribution in [0.15, 0.2) is 0 Å². The van der Waals surface area contributed by atoms with Crippen molar-refractivity contribution in [1.82, 2.24) is 4.31 Å². The quantitative estimate of drug-likeness (QED) is 0.767. The second kappa shape index (κ2) is 3.75. The zero-order valence-corrected chi connectivity index (χ0v) is 10.0. The van der Waals surface area contributed by atoms with Gasteiger partial charge in [-0.25, -0.2) is 12.7 Å². The summed E-state index contributed by atoms with van der Waals surface area (Å²) in [6.45, 7) is 5.78. The fourth-order valence-electron chi connectivity index (χ4n) is 1.46. The second-order valence-electron chi connectivity index (χ2n) is 5.17. The predicted molar refractivity (Wildman–Crippen MR) is 55.9 cm³/mol. The number of carboxylic acid groups (broad SMARTS) is 1. The van der Waals surface area contributed by atoms with E-state index in [-0.39, 0.29) is 24.3 Å². The molecule has 0 aliphatic carbocycles. The van der Waals surface area contributed by atoms with Crippen molar-refractivity contribution in [3.05, 3.63) is 0 Å². The van der Waals surface area contributed by atoms with E-state index in [1.54, 1.807) is 0 Å². The van der Waals surface area contributed by atoms with Crippen molar-refractivity contribution in [2.45, 2.75) is 20.8 Å². The van der Waals surface area contributed by atoms with Crippen molar-refractivity contribution in [1.29, 1.82) is 0 Å². The molecule has 1 aliphatic rings. The van der Waals surface area contributed by atoms with Crippen LogP contribution in [-0.4, -0.2) is 42.6 Å². The van der Waals surface area contributed by atoms with Crippen molar-refractivity contribution in [2.24, 2.45) is 11.3 Å². The average molecular weight is 235 g/mol. The van der Waals surface area contributed by atoms with E-state index >= 15 is 0 Å². The molecule has 1 N–H and O–H groups in total. The summed E-state index contributed by atoms with van der Waals surface area (Å²) in [5.74, 6) is -1.39. The standard InChI is InChI=1S/C9H17NO4S/c1-9(2,3)6-15(13,14)10-4-7(5-10)8(11)12/h7H,4-6H2,1-3H3,(H,11,12). The Morgan fingerprint density at radius 3 is 2.20 bits per heavy atom. The van der Waals surface area contributed by atoms with Crippen LogP contribution in [0.4, 0.5) is 0 Å². The summed E-state index contributed by atoms with van der Waals surface area (Å²) < 4.78 is 24.7. The number of sulfonamides is 1. The SMILES string of the molecule is CC(C)(C)CS(=O)(=O)N1CC(C(=O)O)C1. The summed E-state index contributed by atoms with van der Waals surface area (Å²) in [5, 5.41) is 8.63. The Balaban J connectivity index is 2.57. The molecule has 0 radical (unpaired) electrons. The van der Waals surface area contributed by atoms with Gasteiger partial charge in [-0.3, -0.25) is 4.79 Å². The normalized spacial score (nSPS) is 19.9. The first kappa shape index (κ1) is 12.4. The van der Waals surface area contributed by atoms with Gasteiger partial charge in [-0.05, 0) is 5.41 Å². The lowest BCUT2D eigenvalue weighted by Crippen LogP contribution is -2.54. The Labute approximate surface area is 90.1 Å². The van der Waals surface area contributed by atoms with Crippen molar-refractivity contribution < 1.29 is 18.3 Å². The minimum Gasteiger partial charge on any atom is -0.481 e. The van der Waals surface area contributed by atoms with Gasteiger partial charge in [0.15, 0.2) is 0 Å². The summed E-state index contributed by atoms with van der Waals surface area (Å²) in [6, 6.07) is 0. The minimum absolute atomic E-state index is 0.0618. The monoisotopic (exact) mass is 235 g/mol. The van der Waals surface area contributed by atoms with Crippen LogP contribution in [0.1, 0.15) is 20.8 Å². The number of nitrogens with zero attached hydrogens (tertiary/aromatic N) is 1. The fraction of sp³-hybridized carbons (Fsp3) is 0.889.